The number of piperidine rings is 1. The summed E-state index contributed by atoms with van der Waals surface area (Å²) in [5.41, 5.74) is 6.98. The molecule has 2 aliphatic rings. The third-order valence-electron chi connectivity index (χ3n) is 5.32. The average molecular weight is 344 g/mol. The topological polar surface area (TPSA) is 69.9 Å². The van der Waals surface area contributed by atoms with Crippen molar-refractivity contribution in [2.45, 2.75) is 18.9 Å². The van der Waals surface area contributed by atoms with Gasteiger partial charge in [-0.2, -0.15) is 0 Å². The summed E-state index contributed by atoms with van der Waals surface area (Å²) in [6.45, 7) is 4.57. The lowest BCUT2D eigenvalue weighted by molar-refractivity contribution is -0.142. The smallest absolute Gasteiger partial charge is 0.244 e. The Bertz CT molecular complexity index is 599. The van der Waals surface area contributed by atoms with Gasteiger partial charge in [0.2, 0.25) is 11.8 Å². The van der Waals surface area contributed by atoms with E-state index < -0.39 is 6.04 Å². The molecule has 2 heterocycles. The molecule has 1 aromatic carbocycles. The Hall–Kier alpha value is -1.92. The third kappa shape index (κ3) is 4.19. The van der Waals surface area contributed by atoms with Crippen LogP contribution in [-0.2, 0) is 9.59 Å². The Morgan fingerprint density at radius 3 is 2.40 bits per heavy atom. The second kappa shape index (κ2) is 7.97. The Morgan fingerprint density at radius 1 is 1.04 bits per heavy atom. The van der Waals surface area contributed by atoms with E-state index in [-0.39, 0.29) is 17.7 Å². The summed E-state index contributed by atoms with van der Waals surface area (Å²) in [5, 5.41) is 0. The normalized spacial score (nSPS) is 23.4. The number of likely N-dealkylation sites (N-methyl/N-ethyl adjacent to an activating group) is 1. The van der Waals surface area contributed by atoms with Crippen molar-refractivity contribution >= 4 is 11.8 Å². The molecule has 0 bridgehead atoms. The van der Waals surface area contributed by atoms with E-state index >= 15 is 0 Å². The first-order chi connectivity index (χ1) is 12.1. The van der Waals surface area contributed by atoms with E-state index in [4.69, 9.17) is 5.73 Å². The number of hydrogen-bond acceptors (Lipinski definition) is 4. The van der Waals surface area contributed by atoms with Crippen molar-refractivity contribution in [2.75, 3.05) is 46.3 Å². The monoisotopic (exact) mass is 344 g/mol. The maximum absolute atomic E-state index is 12.8. The van der Waals surface area contributed by atoms with Crippen LogP contribution in [0, 0.1) is 5.92 Å². The lowest BCUT2D eigenvalue weighted by Crippen LogP contribution is -2.53. The highest BCUT2D eigenvalue weighted by Gasteiger charge is 2.33. The van der Waals surface area contributed by atoms with Crippen molar-refractivity contribution in [1.82, 2.24) is 14.7 Å². The summed E-state index contributed by atoms with van der Waals surface area (Å²) in [7, 11) is 2.08. The van der Waals surface area contributed by atoms with Crippen molar-refractivity contribution in [1.29, 1.82) is 0 Å². The standard InChI is InChI=1S/C19H28N4O2/c1-21-10-12-22(13-11-21)18(24)16-8-5-9-23(14-16)19(25)17(20)15-6-3-2-4-7-15/h2-4,6-7,16-17H,5,8-14,20H2,1H3/t16-,17+/m0/s1. The number of rotatable bonds is 3. The van der Waals surface area contributed by atoms with Crippen molar-refractivity contribution in [2.24, 2.45) is 11.7 Å². The van der Waals surface area contributed by atoms with E-state index in [0.717, 1.165) is 44.6 Å². The molecular formula is C19H28N4O2. The number of carbonyl (C=O) groups excluding carboxylic acids is 2. The molecule has 2 amide bonds. The largest absolute Gasteiger partial charge is 0.340 e. The summed E-state index contributed by atoms with van der Waals surface area (Å²) >= 11 is 0. The fourth-order valence-corrected chi connectivity index (χ4v) is 3.66. The van der Waals surface area contributed by atoms with Crippen LogP contribution >= 0.6 is 0 Å². The van der Waals surface area contributed by atoms with Crippen LogP contribution in [0.1, 0.15) is 24.4 Å². The SMILES string of the molecule is CN1CCN(C(=O)[C@H]2CCCN(C(=O)[C@H](N)c3ccccc3)C2)CC1. The van der Waals surface area contributed by atoms with Crippen LogP contribution < -0.4 is 5.73 Å². The van der Waals surface area contributed by atoms with Gasteiger partial charge in [0.25, 0.3) is 0 Å². The molecule has 0 radical (unpaired) electrons. The lowest BCUT2D eigenvalue weighted by Gasteiger charge is -2.38. The Labute approximate surface area is 149 Å². The maximum Gasteiger partial charge on any atom is 0.244 e. The predicted molar refractivity (Wildman–Crippen MR) is 96.8 cm³/mol. The number of nitrogens with two attached hydrogens (primary N) is 1. The molecule has 0 spiro atoms. The van der Waals surface area contributed by atoms with Gasteiger partial charge in [-0.05, 0) is 25.5 Å². The number of likely N-dealkylation sites (tertiary alicyclic amines) is 1. The van der Waals surface area contributed by atoms with Gasteiger partial charge in [0.1, 0.15) is 6.04 Å². The predicted octanol–water partition coefficient (Wildman–Crippen LogP) is 0.699. The quantitative estimate of drug-likeness (QED) is 0.876. The molecule has 0 unspecified atom stereocenters. The first-order valence-corrected chi connectivity index (χ1v) is 9.13. The number of piperazine rings is 1. The molecule has 3 rings (SSSR count). The van der Waals surface area contributed by atoms with Crippen LogP contribution in [0.3, 0.4) is 0 Å². The molecule has 2 saturated heterocycles. The van der Waals surface area contributed by atoms with Crippen LogP contribution in [0.15, 0.2) is 30.3 Å². The van der Waals surface area contributed by atoms with E-state index in [1.807, 2.05) is 35.2 Å². The van der Waals surface area contributed by atoms with Crippen molar-refractivity contribution in [3.63, 3.8) is 0 Å². The Kier molecular flexibility index (Phi) is 5.71. The van der Waals surface area contributed by atoms with E-state index in [9.17, 15) is 9.59 Å². The second-order valence-electron chi connectivity index (χ2n) is 7.14. The molecule has 25 heavy (non-hydrogen) atoms. The van der Waals surface area contributed by atoms with Crippen LogP contribution in [0.25, 0.3) is 0 Å². The van der Waals surface area contributed by atoms with E-state index in [1.165, 1.54) is 0 Å². The molecule has 1 aromatic rings. The van der Waals surface area contributed by atoms with E-state index in [0.29, 0.717) is 13.1 Å². The summed E-state index contributed by atoms with van der Waals surface area (Å²) in [6, 6.07) is 8.78. The molecule has 0 saturated carbocycles. The van der Waals surface area contributed by atoms with Gasteiger partial charge in [0.15, 0.2) is 0 Å². The zero-order valence-corrected chi connectivity index (χ0v) is 14.9. The van der Waals surface area contributed by atoms with Gasteiger partial charge in [0, 0.05) is 39.3 Å². The minimum atomic E-state index is -0.654. The first-order valence-electron chi connectivity index (χ1n) is 9.13. The van der Waals surface area contributed by atoms with Crippen molar-refractivity contribution < 1.29 is 9.59 Å². The van der Waals surface area contributed by atoms with Crippen molar-refractivity contribution in [3.8, 4) is 0 Å². The summed E-state index contributed by atoms with van der Waals surface area (Å²) in [6.07, 6.45) is 1.72. The number of hydrogen-bond donors (Lipinski definition) is 1. The first kappa shape index (κ1) is 17.9. The highest BCUT2D eigenvalue weighted by molar-refractivity contribution is 5.85. The lowest BCUT2D eigenvalue weighted by atomic mass is 9.95. The van der Waals surface area contributed by atoms with Crippen LogP contribution in [0.4, 0.5) is 0 Å². The fourth-order valence-electron chi connectivity index (χ4n) is 3.66. The Balaban J connectivity index is 1.60. The average Bonchev–Trinajstić information content (AvgIpc) is 2.67. The van der Waals surface area contributed by atoms with Gasteiger partial charge in [-0.25, -0.2) is 0 Å². The number of nitrogens with zero attached hydrogens (tertiary/aromatic N) is 3. The molecule has 0 aliphatic carbocycles. The summed E-state index contributed by atoms with van der Waals surface area (Å²) in [5.74, 6) is 0.0186. The summed E-state index contributed by atoms with van der Waals surface area (Å²) in [4.78, 5) is 31.5. The van der Waals surface area contributed by atoms with Gasteiger partial charge in [-0.15, -0.1) is 0 Å². The molecule has 6 nitrogen and oxygen atoms in total. The van der Waals surface area contributed by atoms with Gasteiger partial charge >= 0.3 is 0 Å². The van der Waals surface area contributed by atoms with E-state index in [1.54, 1.807) is 4.90 Å². The highest BCUT2D eigenvalue weighted by atomic mass is 16.2. The summed E-state index contributed by atoms with van der Waals surface area (Å²) < 4.78 is 0. The van der Waals surface area contributed by atoms with Crippen molar-refractivity contribution in [3.05, 3.63) is 35.9 Å². The molecule has 2 atom stereocenters. The molecule has 2 fully saturated rings. The number of carbonyl (C=O) groups is 2. The zero-order chi connectivity index (χ0) is 17.8. The fraction of sp³-hybridized carbons (Fsp3) is 0.579. The number of amides is 2. The molecule has 2 aliphatic heterocycles. The highest BCUT2D eigenvalue weighted by Crippen LogP contribution is 2.22. The molecule has 0 aromatic heterocycles. The minimum Gasteiger partial charge on any atom is -0.340 e. The second-order valence-corrected chi connectivity index (χ2v) is 7.14. The van der Waals surface area contributed by atoms with Crippen LogP contribution in [0.2, 0.25) is 0 Å². The van der Waals surface area contributed by atoms with Crippen LogP contribution in [0.5, 0.6) is 0 Å². The van der Waals surface area contributed by atoms with Gasteiger partial charge < -0.3 is 20.4 Å². The van der Waals surface area contributed by atoms with E-state index in [2.05, 4.69) is 11.9 Å². The van der Waals surface area contributed by atoms with Gasteiger partial charge in [-0.1, -0.05) is 30.3 Å². The third-order valence-corrected chi connectivity index (χ3v) is 5.32. The van der Waals surface area contributed by atoms with Gasteiger partial charge in [-0.3, -0.25) is 9.59 Å². The molecule has 6 heteroatoms. The zero-order valence-electron chi connectivity index (χ0n) is 14.9. The number of benzene rings is 1. The van der Waals surface area contributed by atoms with Crippen LogP contribution in [-0.4, -0.2) is 72.8 Å². The maximum atomic E-state index is 12.8. The molecule has 136 valence electrons. The minimum absolute atomic E-state index is 0.0814. The molecular weight excluding hydrogens is 316 g/mol. The van der Waals surface area contributed by atoms with Gasteiger partial charge in [0.05, 0.1) is 5.92 Å². The Morgan fingerprint density at radius 2 is 1.72 bits per heavy atom. The molecule has 2 N–H and O–H groups in total.